The molecule has 6 nitrogen and oxygen atoms in total. The number of para-hydroxylation sites is 1. The van der Waals surface area contributed by atoms with Gasteiger partial charge >= 0.3 is 0 Å². The Morgan fingerprint density at radius 3 is 2.63 bits per heavy atom. The number of rotatable bonds is 6. The van der Waals surface area contributed by atoms with Crippen LogP contribution in [0.1, 0.15) is 34.5 Å². The van der Waals surface area contributed by atoms with E-state index in [0.29, 0.717) is 39.3 Å². The van der Waals surface area contributed by atoms with Gasteiger partial charge in [0, 0.05) is 62.1 Å². The molecule has 1 fully saturated rings. The minimum atomic E-state index is -0.843. The molecule has 1 amide bonds. The van der Waals surface area contributed by atoms with E-state index in [-0.39, 0.29) is 5.56 Å². The first-order chi connectivity index (χ1) is 17.0. The third-order valence-electron chi connectivity index (χ3n) is 6.97. The molecular weight excluding hydrogens is 450 g/mol. The van der Waals surface area contributed by atoms with Crippen LogP contribution in [0.15, 0.2) is 42.5 Å². The van der Waals surface area contributed by atoms with Crippen molar-refractivity contribution in [2.75, 3.05) is 44.6 Å². The Hall–Kier alpha value is -3.10. The summed E-state index contributed by atoms with van der Waals surface area (Å²) in [7, 11) is 0. The molecule has 5 rings (SSSR count). The van der Waals surface area contributed by atoms with Gasteiger partial charge in [-0.1, -0.05) is 18.2 Å². The summed E-state index contributed by atoms with van der Waals surface area (Å²) in [6, 6.07) is 11.1. The second kappa shape index (κ2) is 10.3. The minimum absolute atomic E-state index is 0.114. The standard InChI is InChI=1S/C27H30F2N4O2/c28-18-9-10-20(23(29)15-18)27(35)33-13-11-32(12-14-33)17-19(34)16-30-26-21-5-1-3-7-24(21)31-25-8-4-2-6-22(25)26/h1,3,5,7,9-10,15,19,34H,2,4,6,8,11-14,16-17H2,(H,30,31). The Labute approximate surface area is 203 Å². The second-order valence-corrected chi connectivity index (χ2v) is 9.39. The molecule has 0 radical (unpaired) electrons. The molecule has 1 saturated heterocycles. The number of anilines is 1. The van der Waals surface area contributed by atoms with E-state index in [1.54, 1.807) is 4.90 Å². The first-order valence-corrected chi connectivity index (χ1v) is 12.3. The largest absolute Gasteiger partial charge is 0.390 e. The van der Waals surface area contributed by atoms with Crippen LogP contribution in [0.25, 0.3) is 10.9 Å². The molecule has 2 heterocycles. The highest BCUT2D eigenvalue weighted by molar-refractivity contribution is 5.95. The predicted molar refractivity (Wildman–Crippen MR) is 132 cm³/mol. The molecule has 0 spiro atoms. The number of hydrogen-bond acceptors (Lipinski definition) is 5. The van der Waals surface area contributed by atoms with Crippen LogP contribution in [-0.2, 0) is 12.8 Å². The van der Waals surface area contributed by atoms with Gasteiger partial charge in [0.2, 0.25) is 0 Å². The number of amides is 1. The minimum Gasteiger partial charge on any atom is -0.390 e. The summed E-state index contributed by atoms with van der Waals surface area (Å²) in [4.78, 5) is 21.2. The van der Waals surface area contributed by atoms with Gasteiger partial charge in [-0.2, -0.15) is 0 Å². The third kappa shape index (κ3) is 5.13. The quantitative estimate of drug-likeness (QED) is 0.564. The second-order valence-electron chi connectivity index (χ2n) is 9.39. The van der Waals surface area contributed by atoms with Crippen molar-refractivity contribution in [3.05, 3.63) is 70.9 Å². The normalized spacial score (nSPS) is 17.3. The first-order valence-electron chi connectivity index (χ1n) is 12.3. The average molecular weight is 481 g/mol. The van der Waals surface area contributed by atoms with E-state index in [1.165, 1.54) is 11.6 Å². The van der Waals surface area contributed by atoms with Gasteiger partial charge in [-0.05, 0) is 49.4 Å². The number of carbonyl (C=O) groups excluding carboxylic acids is 1. The van der Waals surface area contributed by atoms with Crippen LogP contribution in [0.3, 0.4) is 0 Å². The van der Waals surface area contributed by atoms with Gasteiger partial charge in [-0.3, -0.25) is 14.7 Å². The van der Waals surface area contributed by atoms with Crippen molar-refractivity contribution >= 4 is 22.5 Å². The topological polar surface area (TPSA) is 68.7 Å². The summed E-state index contributed by atoms with van der Waals surface area (Å²) in [6.07, 6.45) is 3.70. The fourth-order valence-electron chi connectivity index (χ4n) is 5.12. The van der Waals surface area contributed by atoms with E-state index < -0.39 is 23.6 Å². The zero-order valence-electron chi connectivity index (χ0n) is 19.6. The molecule has 1 aromatic heterocycles. The molecule has 1 unspecified atom stereocenters. The monoisotopic (exact) mass is 480 g/mol. The molecule has 1 aliphatic carbocycles. The van der Waals surface area contributed by atoms with Crippen molar-refractivity contribution in [1.82, 2.24) is 14.8 Å². The zero-order valence-corrected chi connectivity index (χ0v) is 19.6. The number of aliphatic hydroxyl groups excluding tert-OH is 1. The average Bonchev–Trinajstić information content (AvgIpc) is 2.86. The number of benzene rings is 2. The van der Waals surface area contributed by atoms with E-state index in [9.17, 15) is 18.7 Å². The maximum atomic E-state index is 14.0. The summed E-state index contributed by atoms with van der Waals surface area (Å²) >= 11 is 0. The van der Waals surface area contributed by atoms with E-state index in [4.69, 9.17) is 4.98 Å². The van der Waals surface area contributed by atoms with Crippen molar-refractivity contribution in [2.45, 2.75) is 31.8 Å². The van der Waals surface area contributed by atoms with Crippen molar-refractivity contribution < 1.29 is 18.7 Å². The number of carbonyl (C=O) groups is 1. The molecule has 1 aliphatic heterocycles. The number of pyridine rings is 1. The summed E-state index contributed by atoms with van der Waals surface area (Å²) in [5.74, 6) is -1.98. The SMILES string of the molecule is O=C(c1ccc(F)cc1F)N1CCN(CC(O)CNc2c3c(nc4ccccc24)CCCC3)CC1. The number of β-amino-alcohol motifs (C(OH)–C–C–N with tert-alkyl or cyclic N) is 1. The summed E-state index contributed by atoms with van der Waals surface area (Å²) in [6.45, 7) is 2.92. The Morgan fingerprint density at radius 2 is 1.83 bits per heavy atom. The molecule has 0 saturated carbocycles. The molecule has 3 aromatic rings. The number of aliphatic hydroxyl groups is 1. The first kappa shape index (κ1) is 23.6. The van der Waals surface area contributed by atoms with Gasteiger partial charge in [-0.15, -0.1) is 0 Å². The molecule has 2 N–H and O–H groups in total. The predicted octanol–water partition coefficient (Wildman–Crippen LogP) is 3.62. The van der Waals surface area contributed by atoms with E-state index in [1.807, 2.05) is 18.2 Å². The summed E-state index contributed by atoms with van der Waals surface area (Å²) in [5, 5.41) is 15.4. The summed E-state index contributed by atoms with van der Waals surface area (Å²) < 4.78 is 27.1. The summed E-state index contributed by atoms with van der Waals surface area (Å²) in [5.41, 5.74) is 4.37. The van der Waals surface area contributed by atoms with Crippen LogP contribution in [0.4, 0.5) is 14.5 Å². The molecule has 1 atom stereocenters. The number of aryl methyl sites for hydroxylation is 1. The number of nitrogens with zero attached hydrogens (tertiary/aromatic N) is 3. The highest BCUT2D eigenvalue weighted by atomic mass is 19.1. The molecule has 2 aromatic carbocycles. The smallest absolute Gasteiger partial charge is 0.256 e. The van der Waals surface area contributed by atoms with Crippen LogP contribution >= 0.6 is 0 Å². The Kier molecular flexibility index (Phi) is 6.92. The fraction of sp³-hybridized carbons (Fsp3) is 0.407. The van der Waals surface area contributed by atoms with Crippen LogP contribution in [0.2, 0.25) is 0 Å². The Morgan fingerprint density at radius 1 is 1.06 bits per heavy atom. The van der Waals surface area contributed by atoms with Gasteiger partial charge in [0.1, 0.15) is 11.6 Å². The van der Waals surface area contributed by atoms with E-state index >= 15 is 0 Å². The van der Waals surface area contributed by atoms with Crippen LogP contribution in [0.5, 0.6) is 0 Å². The molecule has 35 heavy (non-hydrogen) atoms. The Balaban J connectivity index is 1.18. The van der Waals surface area contributed by atoms with E-state index in [0.717, 1.165) is 60.1 Å². The van der Waals surface area contributed by atoms with Crippen molar-refractivity contribution in [3.8, 4) is 0 Å². The van der Waals surface area contributed by atoms with Gasteiger partial charge in [0.25, 0.3) is 5.91 Å². The Bertz CT molecular complexity index is 1230. The molecule has 184 valence electrons. The lowest BCUT2D eigenvalue weighted by molar-refractivity contribution is 0.0543. The lowest BCUT2D eigenvalue weighted by atomic mass is 9.92. The van der Waals surface area contributed by atoms with E-state index in [2.05, 4.69) is 16.3 Å². The van der Waals surface area contributed by atoms with Gasteiger partial charge in [0.05, 0.1) is 17.2 Å². The maximum Gasteiger partial charge on any atom is 0.256 e. The van der Waals surface area contributed by atoms with Gasteiger partial charge in [-0.25, -0.2) is 8.78 Å². The van der Waals surface area contributed by atoms with Crippen molar-refractivity contribution in [2.24, 2.45) is 0 Å². The highest BCUT2D eigenvalue weighted by Gasteiger charge is 2.25. The van der Waals surface area contributed by atoms with Crippen LogP contribution in [0, 0.1) is 11.6 Å². The number of piperazine rings is 1. The van der Waals surface area contributed by atoms with Crippen molar-refractivity contribution in [1.29, 1.82) is 0 Å². The number of hydrogen-bond donors (Lipinski definition) is 2. The molecule has 2 aliphatic rings. The molecular formula is C27H30F2N4O2. The zero-order chi connectivity index (χ0) is 24.4. The van der Waals surface area contributed by atoms with Gasteiger partial charge in [0.15, 0.2) is 0 Å². The highest BCUT2D eigenvalue weighted by Crippen LogP contribution is 2.33. The van der Waals surface area contributed by atoms with Crippen molar-refractivity contribution in [3.63, 3.8) is 0 Å². The van der Waals surface area contributed by atoms with Gasteiger partial charge < -0.3 is 15.3 Å². The van der Waals surface area contributed by atoms with Crippen LogP contribution in [-0.4, -0.2) is 71.2 Å². The maximum absolute atomic E-state index is 14.0. The molecule has 0 bridgehead atoms. The lowest BCUT2D eigenvalue weighted by Gasteiger charge is -2.35. The number of halogens is 2. The van der Waals surface area contributed by atoms with Crippen LogP contribution < -0.4 is 5.32 Å². The lowest BCUT2D eigenvalue weighted by Crippen LogP contribution is -2.51. The number of nitrogens with one attached hydrogen (secondary N) is 1. The molecule has 8 heteroatoms. The fourth-order valence-corrected chi connectivity index (χ4v) is 5.12. The third-order valence-corrected chi connectivity index (χ3v) is 6.97. The number of aromatic nitrogens is 1. The number of fused-ring (bicyclic) bond motifs is 2.